The van der Waals surface area contributed by atoms with Crippen molar-refractivity contribution in [2.24, 2.45) is 0 Å². The van der Waals surface area contributed by atoms with E-state index >= 15 is 0 Å². The lowest BCUT2D eigenvalue weighted by atomic mass is 10.2. The lowest BCUT2D eigenvalue weighted by Gasteiger charge is -1.99. The Hall–Kier alpha value is -2.60. The van der Waals surface area contributed by atoms with Crippen LogP contribution in [0.4, 0.5) is 0 Å². The molecular weight excluding hydrogens is 403 g/mol. The van der Waals surface area contributed by atoms with Gasteiger partial charge >= 0.3 is 0 Å². The molecule has 3 heterocycles. The van der Waals surface area contributed by atoms with Crippen LogP contribution in [0.5, 0.6) is 0 Å². The number of rotatable bonds is 2. The Morgan fingerprint density at radius 2 is 1.89 bits per heavy atom. The number of fused-ring (bicyclic) bond motifs is 3. The van der Waals surface area contributed by atoms with Crippen molar-refractivity contribution in [3.63, 3.8) is 0 Å². The molecule has 3 aromatic heterocycles. The van der Waals surface area contributed by atoms with Crippen molar-refractivity contribution in [3.8, 4) is 11.3 Å². The molecule has 0 unspecified atom stereocenters. The Morgan fingerprint density at radius 1 is 1.04 bits per heavy atom. The third-order valence-corrected chi connectivity index (χ3v) is 5.96. The van der Waals surface area contributed by atoms with Crippen molar-refractivity contribution in [3.05, 3.63) is 85.3 Å². The number of imidazole rings is 1. The lowest BCUT2D eigenvalue weighted by molar-refractivity contribution is 0.571. The van der Waals surface area contributed by atoms with E-state index in [1.54, 1.807) is 22.6 Å². The van der Waals surface area contributed by atoms with E-state index in [4.69, 9.17) is 27.6 Å². The fraction of sp³-hybridized carbons (Fsp3) is 0. The minimum Gasteiger partial charge on any atom is -0.457 e. The van der Waals surface area contributed by atoms with Gasteiger partial charge in [-0.2, -0.15) is 0 Å². The molecule has 0 aliphatic heterocycles. The quantitative estimate of drug-likeness (QED) is 0.408. The van der Waals surface area contributed by atoms with Crippen LogP contribution in [0.2, 0.25) is 10.0 Å². The summed E-state index contributed by atoms with van der Waals surface area (Å²) in [5.74, 6) is 1.24. The summed E-state index contributed by atoms with van der Waals surface area (Å²) in [5, 5.41) is 0.952. The second-order valence-corrected chi connectivity index (χ2v) is 7.79. The highest BCUT2D eigenvalue weighted by molar-refractivity contribution is 7.15. The molecule has 0 saturated carbocycles. The lowest BCUT2D eigenvalue weighted by Crippen LogP contribution is -2.22. The SMILES string of the molecule is O=c1/c(=C/c2ccc(-c3ccc(Cl)c(Cl)c3)o2)sc2nc3ccccc3n12. The predicted octanol–water partition coefficient (Wildman–Crippen LogP) is 5.02. The van der Waals surface area contributed by atoms with Gasteiger partial charge in [0.1, 0.15) is 16.1 Å². The first-order valence-electron chi connectivity index (χ1n) is 8.07. The smallest absolute Gasteiger partial charge is 0.275 e. The average molecular weight is 413 g/mol. The van der Waals surface area contributed by atoms with Gasteiger partial charge in [0.2, 0.25) is 0 Å². The maximum absolute atomic E-state index is 12.8. The van der Waals surface area contributed by atoms with Crippen molar-refractivity contribution >= 4 is 56.6 Å². The predicted molar refractivity (Wildman–Crippen MR) is 110 cm³/mol. The standard InChI is InChI=1S/C20H10Cl2N2O2S/c21-13-7-5-11(9-14(13)22)17-8-6-12(26-17)10-18-19(25)24-16-4-2-1-3-15(16)23-20(24)27-18/h1-10H/b18-10-. The molecule has 0 fully saturated rings. The Labute approximate surface area is 166 Å². The highest BCUT2D eigenvalue weighted by atomic mass is 35.5. The van der Waals surface area contributed by atoms with Crippen LogP contribution >= 0.6 is 34.5 Å². The molecule has 0 atom stereocenters. The molecular formula is C20H10Cl2N2O2S. The van der Waals surface area contributed by atoms with Crippen LogP contribution in [0.1, 0.15) is 5.76 Å². The molecule has 0 amide bonds. The van der Waals surface area contributed by atoms with Crippen LogP contribution in [-0.4, -0.2) is 9.38 Å². The molecule has 5 aromatic rings. The van der Waals surface area contributed by atoms with Gasteiger partial charge in [0.25, 0.3) is 5.56 Å². The Morgan fingerprint density at radius 3 is 2.74 bits per heavy atom. The van der Waals surface area contributed by atoms with E-state index < -0.39 is 0 Å². The van der Waals surface area contributed by atoms with Crippen molar-refractivity contribution in [1.29, 1.82) is 0 Å². The minimum atomic E-state index is -0.101. The van der Waals surface area contributed by atoms with Crippen LogP contribution in [0, 0.1) is 0 Å². The van der Waals surface area contributed by atoms with Crippen LogP contribution in [0.3, 0.4) is 0 Å². The number of hydrogen-bond donors (Lipinski definition) is 0. The molecule has 0 spiro atoms. The fourth-order valence-electron chi connectivity index (χ4n) is 2.98. The molecule has 0 aliphatic carbocycles. The van der Waals surface area contributed by atoms with Gasteiger partial charge in [0, 0.05) is 11.6 Å². The first kappa shape index (κ1) is 16.6. The van der Waals surface area contributed by atoms with E-state index in [2.05, 4.69) is 4.98 Å². The summed E-state index contributed by atoms with van der Waals surface area (Å²) in [6.07, 6.45) is 1.73. The zero-order chi connectivity index (χ0) is 18.5. The number of para-hydroxylation sites is 2. The molecule has 7 heteroatoms. The zero-order valence-electron chi connectivity index (χ0n) is 13.6. The maximum atomic E-state index is 12.8. The highest BCUT2D eigenvalue weighted by Gasteiger charge is 2.11. The highest BCUT2D eigenvalue weighted by Crippen LogP contribution is 2.29. The second-order valence-electron chi connectivity index (χ2n) is 5.97. The molecule has 0 N–H and O–H groups in total. The Kier molecular flexibility index (Phi) is 3.82. The number of benzene rings is 2. The minimum absolute atomic E-state index is 0.101. The van der Waals surface area contributed by atoms with E-state index in [1.807, 2.05) is 42.5 Å². The average Bonchev–Trinajstić information content (AvgIpc) is 3.34. The fourth-order valence-corrected chi connectivity index (χ4v) is 4.24. The summed E-state index contributed by atoms with van der Waals surface area (Å²) >= 11 is 13.4. The van der Waals surface area contributed by atoms with E-state index in [0.717, 1.165) is 16.6 Å². The van der Waals surface area contributed by atoms with E-state index in [9.17, 15) is 4.79 Å². The number of aromatic nitrogens is 2. The molecule has 27 heavy (non-hydrogen) atoms. The van der Waals surface area contributed by atoms with Gasteiger partial charge < -0.3 is 4.42 Å². The number of halogens is 2. The van der Waals surface area contributed by atoms with Gasteiger partial charge in [0.15, 0.2) is 4.96 Å². The van der Waals surface area contributed by atoms with E-state index in [-0.39, 0.29) is 5.56 Å². The third-order valence-electron chi connectivity index (χ3n) is 4.25. The van der Waals surface area contributed by atoms with Crippen molar-refractivity contribution < 1.29 is 4.42 Å². The first-order chi connectivity index (χ1) is 13.1. The summed E-state index contributed by atoms with van der Waals surface area (Å²) < 4.78 is 8.07. The van der Waals surface area contributed by atoms with Crippen LogP contribution in [0.25, 0.3) is 33.4 Å². The molecule has 0 bridgehead atoms. The maximum Gasteiger partial charge on any atom is 0.275 e. The number of thiazole rings is 1. The normalized spacial score (nSPS) is 12.4. The zero-order valence-corrected chi connectivity index (χ0v) is 16.0. The Bertz CT molecular complexity index is 1430. The molecule has 2 aromatic carbocycles. The molecule has 4 nitrogen and oxygen atoms in total. The van der Waals surface area contributed by atoms with Crippen molar-refractivity contribution in [1.82, 2.24) is 9.38 Å². The van der Waals surface area contributed by atoms with Crippen LogP contribution < -0.4 is 10.1 Å². The van der Waals surface area contributed by atoms with Gasteiger partial charge in [-0.1, -0.05) is 46.7 Å². The summed E-state index contributed by atoms with van der Waals surface area (Å²) in [6, 6.07) is 16.5. The molecule has 0 aliphatic rings. The number of nitrogens with zero attached hydrogens (tertiary/aromatic N) is 2. The van der Waals surface area contributed by atoms with Crippen LogP contribution in [-0.2, 0) is 0 Å². The van der Waals surface area contributed by atoms with Gasteiger partial charge in [-0.3, -0.25) is 4.79 Å². The third kappa shape index (κ3) is 2.75. The van der Waals surface area contributed by atoms with Crippen molar-refractivity contribution in [2.45, 2.75) is 0 Å². The summed E-state index contributed by atoms with van der Waals surface area (Å²) in [5.41, 5.74) is 2.34. The van der Waals surface area contributed by atoms with Gasteiger partial charge in [0.05, 0.1) is 21.1 Å². The summed E-state index contributed by atoms with van der Waals surface area (Å²) in [4.78, 5) is 18.0. The Balaban J connectivity index is 1.61. The molecule has 5 rings (SSSR count). The monoisotopic (exact) mass is 412 g/mol. The molecule has 132 valence electrons. The number of furan rings is 1. The van der Waals surface area contributed by atoms with Gasteiger partial charge in [-0.25, -0.2) is 9.38 Å². The van der Waals surface area contributed by atoms with E-state index in [0.29, 0.717) is 31.1 Å². The van der Waals surface area contributed by atoms with Gasteiger partial charge in [-0.05, 0) is 42.5 Å². The summed E-state index contributed by atoms with van der Waals surface area (Å²) in [6.45, 7) is 0. The van der Waals surface area contributed by atoms with Crippen LogP contribution in [0.15, 0.2) is 63.8 Å². The largest absolute Gasteiger partial charge is 0.457 e. The van der Waals surface area contributed by atoms with E-state index in [1.165, 1.54) is 11.3 Å². The van der Waals surface area contributed by atoms with Crippen molar-refractivity contribution in [2.75, 3.05) is 0 Å². The summed E-state index contributed by atoms with van der Waals surface area (Å²) in [7, 11) is 0. The topological polar surface area (TPSA) is 47.5 Å². The second kappa shape index (κ2) is 6.23. The van der Waals surface area contributed by atoms with Gasteiger partial charge in [-0.15, -0.1) is 0 Å². The molecule has 0 saturated heterocycles. The number of hydrogen-bond acceptors (Lipinski definition) is 4. The first-order valence-corrected chi connectivity index (χ1v) is 9.64. The molecule has 0 radical (unpaired) electrons.